The zero-order chi connectivity index (χ0) is 14.5. The van der Waals surface area contributed by atoms with Gasteiger partial charge in [-0.2, -0.15) is 4.39 Å². The van der Waals surface area contributed by atoms with E-state index in [-0.39, 0.29) is 5.75 Å². The number of nitrogens with one attached hydrogen (secondary N) is 1. The van der Waals surface area contributed by atoms with Crippen molar-refractivity contribution >= 4 is 5.91 Å². The van der Waals surface area contributed by atoms with Gasteiger partial charge in [-0.25, -0.2) is 10.2 Å². The number of ether oxygens (including phenoxy) is 1. The van der Waals surface area contributed by atoms with Gasteiger partial charge in [-0.1, -0.05) is 36.4 Å². The van der Waals surface area contributed by atoms with E-state index in [2.05, 4.69) is 0 Å². The number of halogens is 2. The van der Waals surface area contributed by atoms with E-state index >= 15 is 0 Å². The third-order valence-corrected chi connectivity index (χ3v) is 2.64. The molecule has 0 aliphatic heterocycles. The van der Waals surface area contributed by atoms with Crippen molar-refractivity contribution in [1.29, 1.82) is 0 Å². The largest absolute Gasteiger partial charge is 0.473 e. The first-order chi connectivity index (χ1) is 9.63. The van der Waals surface area contributed by atoms with Gasteiger partial charge in [0, 0.05) is 5.56 Å². The lowest BCUT2D eigenvalue weighted by Crippen LogP contribution is -2.37. The molecule has 0 saturated carbocycles. The van der Waals surface area contributed by atoms with Crippen molar-refractivity contribution in [2.24, 2.45) is 5.84 Å². The van der Waals surface area contributed by atoms with E-state index < -0.39 is 23.6 Å². The van der Waals surface area contributed by atoms with Gasteiger partial charge < -0.3 is 4.74 Å². The monoisotopic (exact) mass is 278 g/mol. The summed E-state index contributed by atoms with van der Waals surface area (Å²) in [4.78, 5) is 11.7. The first kappa shape index (κ1) is 14.0. The quantitative estimate of drug-likeness (QED) is 0.511. The number of amides is 1. The van der Waals surface area contributed by atoms with Gasteiger partial charge in [0.25, 0.3) is 5.91 Å². The lowest BCUT2D eigenvalue weighted by molar-refractivity contribution is -0.128. The van der Waals surface area contributed by atoms with Crippen LogP contribution < -0.4 is 16.0 Å². The van der Waals surface area contributed by atoms with Crippen LogP contribution in [0.25, 0.3) is 0 Å². The van der Waals surface area contributed by atoms with Crippen molar-refractivity contribution in [2.45, 2.75) is 6.10 Å². The Labute approximate surface area is 114 Å². The minimum Gasteiger partial charge on any atom is -0.473 e. The number of benzene rings is 2. The third-order valence-electron chi connectivity index (χ3n) is 2.64. The molecule has 1 amide bonds. The summed E-state index contributed by atoms with van der Waals surface area (Å²) in [5.74, 6) is 1.85. The fourth-order valence-electron chi connectivity index (χ4n) is 1.68. The van der Waals surface area contributed by atoms with E-state index in [0.717, 1.165) is 6.07 Å². The Hall–Kier alpha value is -2.47. The molecule has 2 rings (SSSR count). The van der Waals surface area contributed by atoms with Crippen molar-refractivity contribution < 1.29 is 18.3 Å². The summed E-state index contributed by atoms with van der Waals surface area (Å²) in [6.45, 7) is 0. The van der Waals surface area contributed by atoms with Gasteiger partial charge in [-0.15, -0.1) is 0 Å². The van der Waals surface area contributed by atoms with E-state index in [9.17, 15) is 13.6 Å². The molecular weight excluding hydrogens is 266 g/mol. The molecule has 0 aliphatic rings. The fraction of sp³-hybridized carbons (Fsp3) is 0.0714. The Bertz CT molecular complexity index is 605. The first-order valence-electron chi connectivity index (χ1n) is 5.79. The summed E-state index contributed by atoms with van der Waals surface area (Å²) in [6, 6.07) is 11.9. The van der Waals surface area contributed by atoms with Crippen LogP contribution in [-0.4, -0.2) is 5.91 Å². The van der Waals surface area contributed by atoms with E-state index in [1.165, 1.54) is 12.1 Å². The second-order valence-electron chi connectivity index (χ2n) is 3.97. The average molecular weight is 278 g/mol. The minimum absolute atomic E-state index is 0.359. The van der Waals surface area contributed by atoms with Gasteiger partial charge in [0.2, 0.25) is 11.9 Å². The van der Waals surface area contributed by atoms with Gasteiger partial charge >= 0.3 is 0 Å². The Morgan fingerprint density at radius 1 is 1.10 bits per heavy atom. The second-order valence-corrected chi connectivity index (χ2v) is 3.97. The zero-order valence-electron chi connectivity index (χ0n) is 10.3. The van der Waals surface area contributed by atoms with Crippen molar-refractivity contribution in [3.8, 4) is 5.75 Å². The summed E-state index contributed by atoms with van der Waals surface area (Å²) >= 11 is 0. The molecule has 0 heterocycles. The van der Waals surface area contributed by atoms with Crippen LogP contribution >= 0.6 is 0 Å². The Kier molecular flexibility index (Phi) is 4.27. The average Bonchev–Trinajstić information content (AvgIpc) is 2.49. The zero-order valence-corrected chi connectivity index (χ0v) is 10.3. The molecule has 2 aromatic rings. The summed E-state index contributed by atoms with van der Waals surface area (Å²) in [7, 11) is 0. The standard InChI is InChI=1S/C14H12F2N2O2/c15-10-7-4-8-11(12(10)16)20-13(14(19)18-17)9-5-2-1-3-6-9/h1-8,13H,17H2,(H,18,19). The normalized spacial score (nSPS) is 11.8. The first-order valence-corrected chi connectivity index (χ1v) is 5.79. The molecule has 2 aromatic carbocycles. The molecule has 1 atom stereocenters. The molecule has 20 heavy (non-hydrogen) atoms. The summed E-state index contributed by atoms with van der Waals surface area (Å²) in [5.41, 5.74) is 2.41. The number of rotatable bonds is 4. The van der Waals surface area contributed by atoms with Crippen molar-refractivity contribution in [3.63, 3.8) is 0 Å². The Morgan fingerprint density at radius 2 is 1.80 bits per heavy atom. The molecule has 0 spiro atoms. The molecule has 104 valence electrons. The number of hydrogen-bond acceptors (Lipinski definition) is 3. The molecule has 0 aliphatic carbocycles. The fourth-order valence-corrected chi connectivity index (χ4v) is 1.68. The number of carbonyl (C=O) groups is 1. The van der Waals surface area contributed by atoms with Crippen LogP contribution in [0.5, 0.6) is 5.75 Å². The lowest BCUT2D eigenvalue weighted by Gasteiger charge is -2.18. The molecule has 0 radical (unpaired) electrons. The van der Waals surface area contributed by atoms with Crippen molar-refractivity contribution in [3.05, 3.63) is 65.7 Å². The highest BCUT2D eigenvalue weighted by Crippen LogP contribution is 2.26. The van der Waals surface area contributed by atoms with Crippen LogP contribution in [0.15, 0.2) is 48.5 Å². The predicted molar refractivity (Wildman–Crippen MR) is 68.5 cm³/mol. The molecule has 0 aromatic heterocycles. The number of carbonyl (C=O) groups excluding carboxylic acids is 1. The molecular formula is C14H12F2N2O2. The third kappa shape index (κ3) is 2.92. The van der Waals surface area contributed by atoms with Crippen molar-refractivity contribution in [2.75, 3.05) is 0 Å². The second kappa shape index (κ2) is 6.12. The molecule has 3 N–H and O–H groups in total. The van der Waals surface area contributed by atoms with Crippen LogP contribution in [0.1, 0.15) is 11.7 Å². The molecule has 0 bridgehead atoms. The number of nitrogens with two attached hydrogens (primary N) is 1. The summed E-state index contributed by atoms with van der Waals surface area (Å²) in [6.07, 6.45) is -1.17. The number of hydrazine groups is 1. The van der Waals surface area contributed by atoms with Crippen LogP contribution in [0.3, 0.4) is 0 Å². The highest BCUT2D eigenvalue weighted by molar-refractivity contribution is 5.82. The van der Waals surface area contributed by atoms with Gasteiger partial charge in [0.15, 0.2) is 11.6 Å². The maximum Gasteiger partial charge on any atom is 0.279 e. The minimum atomic E-state index is -1.17. The van der Waals surface area contributed by atoms with Gasteiger partial charge in [-0.05, 0) is 12.1 Å². The highest BCUT2D eigenvalue weighted by atomic mass is 19.2. The van der Waals surface area contributed by atoms with Crippen LogP contribution in [0.4, 0.5) is 8.78 Å². The molecule has 6 heteroatoms. The number of hydrogen-bond donors (Lipinski definition) is 2. The van der Waals surface area contributed by atoms with Crippen LogP contribution in [-0.2, 0) is 4.79 Å². The SMILES string of the molecule is NNC(=O)C(Oc1cccc(F)c1F)c1ccccc1. The Balaban J connectivity index is 2.34. The van der Waals surface area contributed by atoms with Crippen LogP contribution in [0, 0.1) is 11.6 Å². The van der Waals surface area contributed by atoms with Crippen molar-refractivity contribution in [1.82, 2.24) is 5.43 Å². The lowest BCUT2D eigenvalue weighted by atomic mass is 10.1. The predicted octanol–water partition coefficient (Wildman–Crippen LogP) is 2.07. The molecule has 0 saturated heterocycles. The molecule has 0 fully saturated rings. The van der Waals surface area contributed by atoms with E-state index in [4.69, 9.17) is 10.6 Å². The van der Waals surface area contributed by atoms with Gasteiger partial charge in [0.05, 0.1) is 0 Å². The highest BCUT2D eigenvalue weighted by Gasteiger charge is 2.23. The van der Waals surface area contributed by atoms with Gasteiger partial charge in [-0.3, -0.25) is 10.2 Å². The van der Waals surface area contributed by atoms with Crippen LogP contribution in [0.2, 0.25) is 0 Å². The topological polar surface area (TPSA) is 64.3 Å². The molecule has 1 unspecified atom stereocenters. The van der Waals surface area contributed by atoms with E-state index in [1.54, 1.807) is 30.3 Å². The van der Waals surface area contributed by atoms with Gasteiger partial charge in [0.1, 0.15) is 0 Å². The molecule has 4 nitrogen and oxygen atoms in total. The summed E-state index contributed by atoms with van der Waals surface area (Å²) < 4.78 is 32.0. The maximum absolute atomic E-state index is 13.6. The van der Waals surface area contributed by atoms with E-state index in [1.807, 2.05) is 5.43 Å². The summed E-state index contributed by atoms with van der Waals surface area (Å²) in [5, 5.41) is 0. The van der Waals surface area contributed by atoms with E-state index in [0.29, 0.717) is 5.56 Å². The Morgan fingerprint density at radius 3 is 2.45 bits per heavy atom. The maximum atomic E-state index is 13.6. The smallest absolute Gasteiger partial charge is 0.279 e.